The minimum Gasteiger partial charge on any atom is -0.409 e. The highest BCUT2D eigenvalue weighted by atomic mass is 35.5. The Labute approximate surface area is 110 Å². The van der Waals surface area contributed by atoms with Crippen LogP contribution in [0, 0.1) is 0 Å². The lowest BCUT2D eigenvalue weighted by atomic mass is 10.2. The van der Waals surface area contributed by atoms with Gasteiger partial charge in [0.25, 0.3) is 0 Å². The maximum absolute atomic E-state index is 8.71. The van der Waals surface area contributed by atoms with Gasteiger partial charge in [-0.1, -0.05) is 16.8 Å². The number of hydrogen-bond donors (Lipinski definition) is 2. The molecule has 7 heteroatoms. The number of nitrogens with zero attached hydrogens (tertiary/aromatic N) is 3. The summed E-state index contributed by atoms with van der Waals surface area (Å²) in [5, 5.41) is 12.1. The summed E-state index contributed by atoms with van der Waals surface area (Å²) >= 11 is 6.25. The minimum absolute atomic E-state index is 0.0188. The Kier molecular flexibility index (Phi) is 4.22. The van der Waals surface area contributed by atoms with Crippen LogP contribution in [0.15, 0.2) is 17.4 Å². The van der Waals surface area contributed by atoms with Crippen LogP contribution in [0.1, 0.15) is 12.0 Å². The Balaban J connectivity index is 2.32. The second kappa shape index (κ2) is 5.88. The van der Waals surface area contributed by atoms with Crippen molar-refractivity contribution in [1.82, 2.24) is 4.98 Å². The van der Waals surface area contributed by atoms with Gasteiger partial charge in [0.1, 0.15) is 5.82 Å². The second-order valence-electron chi connectivity index (χ2n) is 3.93. The Bertz CT molecular complexity index is 445. The minimum atomic E-state index is -0.0188. The van der Waals surface area contributed by atoms with E-state index in [-0.39, 0.29) is 5.84 Å². The molecule has 0 bridgehead atoms. The quantitative estimate of drug-likeness (QED) is 0.363. The van der Waals surface area contributed by atoms with Gasteiger partial charge in [0.2, 0.25) is 0 Å². The summed E-state index contributed by atoms with van der Waals surface area (Å²) < 4.78 is 5.38. The van der Waals surface area contributed by atoms with Gasteiger partial charge in [-0.2, -0.15) is 0 Å². The van der Waals surface area contributed by atoms with Gasteiger partial charge in [-0.25, -0.2) is 4.98 Å². The molecule has 98 valence electrons. The van der Waals surface area contributed by atoms with E-state index in [0.717, 1.165) is 26.1 Å². The number of halogens is 1. The summed E-state index contributed by atoms with van der Waals surface area (Å²) in [6, 6.07) is 1.62. The smallest absolute Gasteiger partial charge is 0.171 e. The molecule has 0 amide bonds. The van der Waals surface area contributed by atoms with Crippen molar-refractivity contribution in [3.8, 4) is 0 Å². The molecule has 0 spiro atoms. The standard InChI is InChI=1S/C11H15ClN4O2/c12-9-8(10(13)15-17)2-3-14-11(9)16-4-1-6-18-7-5-16/h2-3,17H,1,4-7H2,(H2,13,15). The van der Waals surface area contributed by atoms with E-state index in [1.54, 1.807) is 12.3 Å². The summed E-state index contributed by atoms with van der Waals surface area (Å²) in [4.78, 5) is 6.31. The molecule has 18 heavy (non-hydrogen) atoms. The van der Waals surface area contributed by atoms with Gasteiger partial charge >= 0.3 is 0 Å². The molecule has 1 aromatic heterocycles. The molecule has 0 saturated carbocycles. The van der Waals surface area contributed by atoms with Crippen LogP contribution in [0.2, 0.25) is 5.02 Å². The van der Waals surface area contributed by atoms with Crippen molar-refractivity contribution in [2.75, 3.05) is 31.2 Å². The first-order valence-corrected chi connectivity index (χ1v) is 6.07. The van der Waals surface area contributed by atoms with E-state index in [9.17, 15) is 0 Å². The van der Waals surface area contributed by atoms with Gasteiger partial charge in [-0.15, -0.1) is 0 Å². The highest BCUT2D eigenvalue weighted by molar-refractivity contribution is 6.36. The highest BCUT2D eigenvalue weighted by Gasteiger charge is 2.18. The maximum atomic E-state index is 8.71. The Morgan fingerprint density at radius 1 is 1.50 bits per heavy atom. The summed E-state index contributed by atoms with van der Waals surface area (Å²) in [7, 11) is 0. The zero-order chi connectivity index (χ0) is 13.0. The van der Waals surface area contributed by atoms with Crippen LogP contribution in [0.3, 0.4) is 0 Å². The number of amidine groups is 1. The van der Waals surface area contributed by atoms with Crippen molar-refractivity contribution in [2.45, 2.75) is 6.42 Å². The van der Waals surface area contributed by atoms with Crippen molar-refractivity contribution < 1.29 is 9.94 Å². The number of oxime groups is 1. The number of nitrogens with two attached hydrogens (primary N) is 1. The SMILES string of the molecule is N/C(=N/O)c1ccnc(N2CCCOCC2)c1Cl. The second-order valence-corrected chi connectivity index (χ2v) is 4.31. The first-order valence-electron chi connectivity index (χ1n) is 5.69. The number of pyridine rings is 1. The molecule has 0 radical (unpaired) electrons. The van der Waals surface area contributed by atoms with Crippen LogP contribution in [0.5, 0.6) is 0 Å². The molecule has 1 saturated heterocycles. The molecule has 2 rings (SSSR count). The van der Waals surface area contributed by atoms with Gasteiger partial charge in [0, 0.05) is 31.5 Å². The van der Waals surface area contributed by atoms with E-state index < -0.39 is 0 Å². The fraction of sp³-hybridized carbons (Fsp3) is 0.455. The van der Waals surface area contributed by atoms with Crippen LogP contribution < -0.4 is 10.6 Å². The van der Waals surface area contributed by atoms with Crippen molar-refractivity contribution >= 4 is 23.3 Å². The molecule has 1 aliphatic rings. The molecule has 1 aromatic rings. The molecular weight excluding hydrogens is 256 g/mol. The third kappa shape index (κ3) is 2.65. The average molecular weight is 271 g/mol. The van der Waals surface area contributed by atoms with E-state index in [1.807, 2.05) is 4.90 Å². The summed E-state index contributed by atoms with van der Waals surface area (Å²) in [6.45, 7) is 2.94. The predicted molar refractivity (Wildman–Crippen MR) is 69.4 cm³/mol. The van der Waals surface area contributed by atoms with Crippen molar-refractivity contribution in [3.05, 3.63) is 22.8 Å². The fourth-order valence-electron chi connectivity index (χ4n) is 1.86. The topological polar surface area (TPSA) is 84.0 Å². The van der Waals surface area contributed by atoms with Crippen molar-refractivity contribution in [1.29, 1.82) is 0 Å². The number of anilines is 1. The first-order chi connectivity index (χ1) is 8.74. The zero-order valence-corrected chi connectivity index (χ0v) is 10.6. The van der Waals surface area contributed by atoms with Gasteiger partial charge in [-0.3, -0.25) is 0 Å². The Morgan fingerprint density at radius 3 is 3.11 bits per heavy atom. The number of aromatic nitrogens is 1. The zero-order valence-electron chi connectivity index (χ0n) is 9.84. The third-order valence-electron chi connectivity index (χ3n) is 2.78. The van der Waals surface area contributed by atoms with Gasteiger partial charge in [0.05, 0.1) is 11.6 Å². The normalized spacial score (nSPS) is 17.6. The van der Waals surface area contributed by atoms with Crippen molar-refractivity contribution in [3.63, 3.8) is 0 Å². The molecule has 2 heterocycles. The maximum Gasteiger partial charge on any atom is 0.171 e. The fourth-order valence-corrected chi connectivity index (χ4v) is 2.19. The molecule has 0 unspecified atom stereocenters. The first kappa shape index (κ1) is 12.9. The highest BCUT2D eigenvalue weighted by Crippen LogP contribution is 2.27. The largest absolute Gasteiger partial charge is 0.409 e. The number of ether oxygens (including phenoxy) is 1. The van der Waals surface area contributed by atoms with Gasteiger partial charge in [0.15, 0.2) is 5.84 Å². The van der Waals surface area contributed by atoms with Crippen LogP contribution in [-0.4, -0.2) is 42.3 Å². The van der Waals surface area contributed by atoms with Crippen LogP contribution in [0.4, 0.5) is 5.82 Å². The Morgan fingerprint density at radius 2 is 2.33 bits per heavy atom. The van der Waals surface area contributed by atoms with Crippen LogP contribution in [-0.2, 0) is 4.74 Å². The van der Waals surface area contributed by atoms with Crippen LogP contribution >= 0.6 is 11.6 Å². The van der Waals surface area contributed by atoms with E-state index in [2.05, 4.69) is 10.1 Å². The molecular formula is C11H15ClN4O2. The molecule has 6 nitrogen and oxygen atoms in total. The molecule has 0 aliphatic carbocycles. The Hall–Kier alpha value is -1.53. The summed E-state index contributed by atoms with van der Waals surface area (Å²) in [5.41, 5.74) is 6.05. The lowest BCUT2D eigenvalue weighted by Crippen LogP contribution is -2.28. The van der Waals surface area contributed by atoms with E-state index in [0.29, 0.717) is 23.0 Å². The monoisotopic (exact) mass is 270 g/mol. The van der Waals surface area contributed by atoms with Crippen LogP contribution in [0.25, 0.3) is 0 Å². The molecule has 3 N–H and O–H groups in total. The molecule has 0 aromatic carbocycles. The third-order valence-corrected chi connectivity index (χ3v) is 3.15. The summed E-state index contributed by atoms with van der Waals surface area (Å²) in [6.07, 6.45) is 2.52. The lowest BCUT2D eigenvalue weighted by molar-refractivity contribution is 0.152. The van der Waals surface area contributed by atoms with E-state index >= 15 is 0 Å². The van der Waals surface area contributed by atoms with E-state index in [1.165, 1.54) is 0 Å². The van der Waals surface area contributed by atoms with E-state index in [4.69, 9.17) is 27.3 Å². The number of hydrogen-bond acceptors (Lipinski definition) is 5. The molecule has 0 atom stereocenters. The molecule has 1 fully saturated rings. The predicted octanol–water partition coefficient (Wildman–Crippen LogP) is 1.06. The van der Waals surface area contributed by atoms with Gasteiger partial charge in [-0.05, 0) is 12.5 Å². The van der Waals surface area contributed by atoms with Crippen molar-refractivity contribution in [2.24, 2.45) is 10.9 Å². The number of rotatable bonds is 2. The van der Waals surface area contributed by atoms with Gasteiger partial charge < -0.3 is 20.6 Å². The summed E-state index contributed by atoms with van der Waals surface area (Å²) in [5.74, 6) is 0.626. The lowest BCUT2D eigenvalue weighted by Gasteiger charge is -2.22. The molecule has 1 aliphatic heterocycles. The average Bonchev–Trinajstić information content (AvgIpc) is 2.67.